The molecule has 0 aliphatic heterocycles. The highest BCUT2D eigenvalue weighted by Gasteiger charge is 2.14. The fourth-order valence-corrected chi connectivity index (χ4v) is 1.44. The Hall–Kier alpha value is -2.71. The first kappa shape index (κ1) is 11.8. The summed E-state index contributed by atoms with van der Waals surface area (Å²) >= 11 is 0. The maximum Gasteiger partial charge on any atom is 0.350 e. The summed E-state index contributed by atoms with van der Waals surface area (Å²) in [4.78, 5) is 34.2. The minimum atomic E-state index is -1.000. The second-order valence-electron chi connectivity index (χ2n) is 3.49. The van der Waals surface area contributed by atoms with Crippen LogP contribution in [0.3, 0.4) is 0 Å². The number of nitrogens with zero attached hydrogens (tertiary/aromatic N) is 4. The Bertz CT molecular complexity index is 669. The van der Waals surface area contributed by atoms with Crippen molar-refractivity contribution in [3.05, 3.63) is 55.6 Å². The van der Waals surface area contributed by atoms with Crippen LogP contribution in [0, 0.1) is 10.1 Å². The van der Waals surface area contributed by atoms with E-state index in [1.54, 1.807) is 23.1 Å². The molecule has 0 aliphatic carbocycles. The van der Waals surface area contributed by atoms with Gasteiger partial charge >= 0.3 is 16.9 Å². The highest BCUT2D eigenvalue weighted by molar-refractivity contribution is 5.20. The summed E-state index contributed by atoms with van der Waals surface area (Å²) in [5.41, 5.74) is -2.34. The van der Waals surface area contributed by atoms with Crippen molar-refractivity contribution in [1.82, 2.24) is 19.3 Å². The molecule has 0 atom stereocenters. The number of rotatable bonds is 4. The number of aryl methyl sites for hydroxylation is 2. The van der Waals surface area contributed by atoms with Crippen LogP contribution >= 0.6 is 0 Å². The van der Waals surface area contributed by atoms with Gasteiger partial charge in [0.25, 0.3) is 0 Å². The molecule has 18 heavy (non-hydrogen) atoms. The van der Waals surface area contributed by atoms with E-state index in [9.17, 15) is 19.7 Å². The third kappa shape index (κ3) is 2.34. The molecule has 2 heterocycles. The van der Waals surface area contributed by atoms with Gasteiger partial charge in [-0.3, -0.25) is 29.1 Å². The first-order valence-corrected chi connectivity index (χ1v) is 5.03. The van der Waals surface area contributed by atoms with Gasteiger partial charge in [-0.2, -0.15) is 5.10 Å². The number of hydrogen-bond acceptors (Lipinski definition) is 5. The summed E-state index contributed by atoms with van der Waals surface area (Å²) in [6.07, 6.45) is 4.22. The van der Waals surface area contributed by atoms with E-state index in [0.29, 0.717) is 6.54 Å². The topological polar surface area (TPSA) is 116 Å². The molecule has 2 aromatic heterocycles. The fourth-order valence-electron chi connectivity index (χ4n) is 1.44. The maximum atomic E-state index is 11.4. The number of nitro groups is 1. The SMILES string of the molecule is O=c1[nH]c(=O)n(CCn2cccn2)cc1[N+](=O)[O-]. The lowest BCUT2D eigenvalue weighted by Gasteiger charge is -2.04. The number of hydrogen-bond donors (Lipinski definition) is 1. The average Bonchev–Trinajstić information content (AvgIpc) is 2.80. The molecule has 1 N–H and O–H groups in total. The first-order chi connectivity index (χ1) is 8.58. The lowest BCUT2D eigenvalue weighted by molar-refractivity contribution is -0.386. The van der Waals surface area contributed by atoms with Gasteiger partial charge in [-0.05, 0) is 6.07 Å². The second kappa shape index (κ2) is 4.65. The number of H-pyrrole nitrogens is 1. The van der Waals surface area contributed by atoms with Crippen molar-refractivity contribution in [2.75, 3.05) is 0 Å². The van der Waals surface area contributed by atoms with E-state index in [1.165, 1.54) is 0 Å². The van der Waals surface area contributed by atoms with E-state index in [1.807, 2.05) is 4.98 Å². The Morgan fingerprint density at radius 3 is 2.78 bits per heavy atom. The molecule has 0 aromatic carbocycles. The van der Waals surface area contributed by atoms with Crippen molar-refractivity contribution < 1.29 is 4.92 Å². The van der Waals surface area contributed by atoms with E-state index in [2.05, 4.69) is 5.10 Å². The van der Waals surface area contributed by atoms with Gasteiger partial charge < -0.3 is 0 Å². The second-order valence-corrected chi connectivity index (χ2v) is 3.49. The zero-order valence-electron chi connectivity index (χ0n) is 9.15. The third-order valence-electron chi connectivity index (χ3n) is 2.32. The molecule has 9 nitrogen and oxygen atoms in total. The van der Waals surface area contributed by atoms with Crippen LogP contribution in [0.25, 0.3) is 0 Å². The van der Waals surface area contributed by atoms with Crippen LogP contribution in [-0.2, 0) is 13.1 Å². The van der Waals surface area contributed by atoms with Crippen LogP contribution < -0.4 is 11.2 Å². The van der Waals surface area contributed by atoms with Crippen LogP contribution in [0.15, 0.2) is 34.2 Å². The van der Waals surface area contributed by atoms with Crippen molar-refractivity contribution in [2.45, 2.75) is 13.1 Å². The van der Waals surface area contributed by atoms with Crippen LogP contribution in [0.5, 0.6) is 0 Å². The van der Waals surface area contributed by atoms with Crippen LogP contribution in [0.1, 0.15) is 0 Å². The zero-order chi connectivity index (χ0) is 13.1. The predicted octanol–water partition coefficient (Wildman–Crippen LogP) is -0.658. The summed E-state index contributed by atoms with van der Waals surface area (Å²) in [6.45, 7) is 0.550. The highest BCUT2D eigenvalue weighted by Crippen LogP contribution is 1.99. The summed E-state index contributed by atoms with van der Waals surface area (Å²) < 4.78 is 2.64. The molecule has 0 bridgehead atoms. The first-order valence-electron chi connectivity index (χ1n) is 5.03. The largest absolute Gasteiger partial charge is 0.350 e. The molecular weight excluding hydrogens is 242 g/mol. The van der Waals surface area contributed by atoms with Crippen molar-refractivity contribution >= 4 is 5.69 Å². The fraction of sp³-hybridized carbons (Fsp3) is 0.222. The average molecular weight is 251 g/mol. The predicted molar refractivity (Wildman–Crippen MR) is 60.2 cm³/mol. The minimum Gasteiger partial charge on any atom is -0.292 e. The van der Waals surface area contributed by atoms with Crippen LogP contribution in [-0.4, -0.2) is 24.3 Å². The maximum absolute atomic E-state index is 11.4. The summed E-state index contributed by atoms with van der Waals surface area (Å²) in [5, 5.41) is 14.5. The molecule has 94 valence electrons. The van der Waals surface area contributed by atoms with Crippen LogP contribution in [0.2, 0.25) is 0 Å². The highest BCUT2D eigenvalue weighted by atomic mass is 16.6. The van der Waals surface area contributed by atoms with Crippen molar-refractivity contribution in [1.29, 1.82) is 0 Å². The zero-order valence-corrected chi connectivity index (χ0v) is 9.15. The van der Waals surface area contributed by atoms with Crippen molar-refractivity contribution in [2.24, 2.45) is 0 Å². The van der Waals surface area contributed by atoms with Gasteiger partial charge in [0.15, 0.2) is 0 Å². The molecule has 0 amide bonds. The molecule has 9 heteroatoms. The quantitative estimate of drug-likeness (QED) is 0.572. The van der Waals surface area contributed by atoms with E-state index in [-0.39, 0.29) is 6.54 Å². The molecule has 0 saturated heterocycles. The molecular formula is C9H9N5O4. The van der Waals surface area contributed by atoms with E-state index in [4.69, 9.17) is 0 Å². The number of nitrogens with one attached hydrogen (secondary N) is 1. The van der Waals surface area contributed by atoms with Crippen LogP contribution in [0.4, 0.5) is 5.69 Å². The lowest BCUT2D eigenvalue weighted by atomic mass is 10.5. The van der Waals surface area contributed by atoms with Gasteiger partial charge in [0.05, 0.1) is 17.7 Å². The molecule has 0 spiro atoms. The van der Waals surface area contributed by atoms with E-state index in [0.717, 1.165) is 10.8 Å². The Kier molecular flexibility index (Phi) is 3.04. The van der Waals surface area contributed by atoms with Crippen molar-refractivity contribution in [3.63, 3.8) is 0 Å². The Labute approximate surface area is 99.5 Å². The normalized spacial score (nSPS) is 10.4. The van der Waals surface area contributed by atoms with Gasteiger partial charge in [0.2, 0.25) is 0 Å². The molecule has 0 radical (unpaired) electrons. The summed E-state index contributed by atoms with van der Waals surface area (Å²) in [7, 11) is 0. The molecule has 0 saturated carbocycles. The number of aromatic nitrogens is 4. The van der Waals surface area contributed by atoms with Crippen molar-refractivity contribution in [3.8, 4) is 0 Å². The number of aromatic amines is 1. The standard InChI is InChI=1S/C9H9N5O4/c15-8-7(14(17)18)6-12(9(16)11-8)4-5-13-3-1-2-10-13/h1-3,6H,4-5H2,(H,11,15,16). The smallest absolute Gasteiger partial charge is 0.292 e. The molecule has 2 aromatic rings. The Morgan fingerprint density at radius 2 is 2.17 bits per heavy atom. The monoisotopic (exact) mass is 251 g/mol. The molecule has 0 aliphatic rings. The molecule has 2 rings (SSSR count). The van der Waals surface area contributed by atoms with Gasteiger partial charge in [-0.15, -0.1) is 0 Å². The minimum absolute atomic E-state index is 0.179. The summed E-state index contributed by atoms with van der Waals surface area (Å²) in [5.74, 6) is 0. The Balaban J connectivity index is 2.28. The van der Waals surface area contributed by atoms with E-state index >= 15 is 0 Å². The lowest BCUT2D eigenvalue weighted by Crippen LogP contribution is -2.31. The molecule has 0 unspecified atom stereocenters. The van der Waals surface area contributed by atoms with Gasteiger partial charge in [0.1, 0.15) is 0 Å². The van der Waals surface area contributed by atoms with Gasteiger partial charge in [-0.1, -0.05) is 0 Å². The molecule has 0 fully saturated rings. The van der Waals surface area contributed by atoms with Gasteiger partial charge in [-0.25, -0.2) is 4.79 Å². The summed E-state index contributed by atoms with van der Waals surface area (Å²) in [6, 6.07) is 1.72. The van der Waals surface area contributed by atoms with E-state index < -0.39 is 21.9 Å². The van der Waals surface area contributed by atoms with Gasteiger partial charge in [0, 0.05) is 18.9 Å². The Morgan fingerprint density at radius 1 is 1.39 bits per heavy atom. The third-order valence-corrected chi connectivity index (χ3v) is 2.32.